The van der Waals surface area contributed by atoms with E-state index in [0.29, 0.717) is 16.8 Å². The minimum Gasteiger partial charge on any atom is -0.356 e. The fourth-order valence-corrected chi connectivity index (χ4v) is 2.48. The summed E-state index contributed by atoms with van der Waals surface area (Å²) in [5, 5.41) is 3.91. The smallest absolute Gasteiger partial charge is 0.270 e. The van der Waals surface area contributed by atoms with Gasteiger partial charge in [0.05, 0.1) is 5.02 Å². The molecule has 1 atom stereocenters. The van der Waals surface area contributed by atoms with Crippen LogP contribution >= 0.6 is 11.6 Å². The third-order valence-corrected chi connectivity index (χ3v) is 3.41. The Morgan fingerprint density at radius 2 is 2.47 bits per heavy atom. The number of hydrogen-bond donors (Lipinski definition) is 2. The van der Waals surface area contributed by atoms with Gasteiger partial charge in [0.15, 0.2) is 0 Å². The highest BCUT2D eigenvalue weighted by Gasteiger charge is 2.25. The molecule has 94 valence electrons. The second-order valence-corrected chi connectivity index (χ2v) is 4.76. The lowest BCUT2D eigenvalue weighted by molar-refractivity contribution is 0.0657. The lowest BCUT2D eigenvalue weighted by Crippen LogP contribution is -2.48. The molecule has 1 unspecified atom stereocenters. The van der Waals surface area contributed by atoms with Crippen molar-refractivity contribution in [1.29, 1.82) is 0 Å². The maximum absolute atomic E-state index is 12.3. The topological polar surface area (TPSA) is 48.1 Å². The van der Waals surface area contributed by atoms with Crippen LogP contribution in [0.15, 0.2) is 12.3 Å². The van der Waals surface area contributed by atoms with E-state index in [9.17, 15) is 4.79 Å². The lowest BCUT2D eigenvalue weighted by Gasteiger charge is -2.33. The predicted molar refractivity (Wildman–Crippen MR) is 68.4 cm³/mol. The summed E-state index contributed by atoms with van der Waals surface area (Å²) in [7, 11) is 0. The average molecular weight is 256 g/mol. The van der Waals surface area contributed by atoms with E-state index in [1.54, 1.807) is 12.3 Å². The quantitative estimate of drug-likeness (QED) is 0.867. The maximum Gasteiger partial charge on any atom is 0.270 e. The van der Waals surface area contributed by atoms with E-state index in [1.165, 1.54) is 0 Å². The van der Waals surface area contributed by atoms with Crippen molar-refractivity contribution in [3.63, 3.8) is 0 Å². The van der Waals surface area contributed by atoms with Gasteiger partial charge in [-0.25, -0.2) is 0 Å². The maximum atomic E-state index is 12.3. The molecule has 5 heteroatoms. The van der Waals surface area contributed by atoms with Crippen molar-refractivity contribution >= 4 is 17.5 Å². The third kappa shape index (κ3) is 2.82. The van der Waals surface area contributed by atoms with Crippen molar-refractivity contribution in [2.24, 2.45) is 0 Å². The van der Waals surface area contributed by atoms with Crippen LogP contribution in [-0.4, -0.2) is 41.5 Å². The van der Waals surface area contributed by atoms with Crippen LogP contribution in [0.4, 0.5) is 0 Å². The van der Waals surface area contributed by atoms with Gasteiger partial charge in [0.25, 0.3) is 5.91 Å². The molecule has 1 amide bonds. The number of amides is 1. The van der Waals surface area contributed by atoms with Gasteiger partial charge >= 0.3 is 0 Å². The molecule has 1 fully saturated rings. The molecule has 1 saturated heterocycles. The van der Waals surface area contributed by atoms with Crippen molar-refractivity contribution < 1.29 is 4.79 Å². The highest BCUT2D eigenvalue weighted by atomic mass is 35.5. The molecule has 1 aromatic rings. The summed E-state index contributed by atoms with van der Waals surface area (Å²) < 4.78 is 0. The minimum atomic E-state index is 0.0353. The Kier molecular flexibility index (Phi) is 4.07. The summed E-state index contributed by atoms with van der Waals surface area (Å²) in [5.41, 5.74) is 0.572. The predicted octanol–water partition coefficient (Wildman–Crippen LogP) is 1.88. The van der Waals surface area contributed by atoms with Crippen molar-refractivity contribution in [2.45, 2.75) is 25.8 Å². The number of piperidine rings is 1. The number of aromatic amines is 1. The molecular weight excluding hydrogens is 238 g/mol. The Labute approximate surface area is 106 Å². The number of nitrogens with one attached hydrogen (secondary N) is 2. The van der Waals surface area contributed by atoms with E-state index in [-0.39, 0.29) is 5.91 Å². The highest BCUT2D eigenvalue weighted by molar-refractivity contribution is 6.30. The van der Waals surface area contributed by atoms with Gasteiger partial charge in [-0.05, 0) is 32.4 Å². The van der Waals surface area contributed by atoms with Crippen LogP contribution in [0.3, 0.4) is 0 Å². The summed E-state index contributed by atoms with van der Waals surface area (Å²) >= 11 is 5.82. The summed E-state index contributed by atoms with van der Waals surface area (Å²) in [4.78, 5) is 17.1. The number of halogens is 1. The van der Waals surface area contributed by atoms with Crippen LogP contribution in [0.2, 0.25) is 5.02 Å². The first kappa shape index (κ1) is 12.5. The number of H-pyrrole nitrogens is 1. The molecule has 4 nitrogen and oxygen atoms in total. The highest BCUT2D eigenvalue weighted by Crippen LogP contribution is 2.16. The van der Waals surface area contributed by atoms with Gasteiger partial charge in [0.1, 0.15) is 5.69 Å². The number of carbonyl (C=O) groups excluding carboxylic acids is 1. The second kappa shape index (κ2) is 5.56. The van der Waals surface area contributed by atoms with E-state index >= 15 is 0 Å². The number of rotatable bonds is 3. The lowest BCUT2D eigenvalue weighted by atomic mass is 10.1. The van der Waals surface area contributed by atoms with Crippen molar-refractivity contribution in [2.75, 3.05) is 19.6 Å². The van der Waals surface area contributed by atoms with Gasteiger partial charge in [0, 0.05) is 25.3 Å². The molecule has 2 N–H and O–H groups in total. The number of hydrogen-bond acceptors (Lipinski definition) is 2. The van der Waals surface area contributed by atoms with E-state index in [1.807, 2.05) is 11.8 Å². The zero-order valence-electron chi connectivity index (χ0n) is 10.0. The summed E-state index contributed by atoms with van der Waals surface area (Å²) in [6, 6.07) is 1.98. The molecule has 1 aliphatic heterocycles. The van der Waals surface area contributed by atoms with Crippen LogP contribution in [0.5, 0.6) is 0 Å². The van der Waals surface area contributed by atoms with Gasteiger partial charge in [-0.3, -0.25) is 4.79 Å². The summed E-state index contributed by atoms with van der Waals surface area (Å²) in [6.07, 6.45) is 3.84. The third-order valence-electron chi connectivity index (χ3n) is 3.19. The molecule has 0 spiro atoms. The van der Waals surface area contributed by atoms with Crippen LogP contribution < -0.4 is 5.32 Å². The van der Waals surface area contributed by atoms with Gasteiger partial charge in [-0.15, -0.1) is 0 Å². The number of likely N-dealkylation sites (N-methyl/N-ethyl adjacent to an activating group) is 1. The van der Waals surface area contributed by atoms with Gasteiger partial charge < -0.3 is 15.2 Å². The van der Waals surface area contributed by atoms with Gasteiger partial charge in [-0.1, -0.05) is 11.6 Å². The van der Waals surface area contributed by atoms with E-state index in [2.05, 4.69) is 10.3 Å². The summed E-state index contributed by atoms with van der Waals surface area (Å²) in [6.45, 7) is 4.67. The van der Waals surface area contributed by atoms with Crippen LogP contribution in [0.1, 0.15) is 30.3 Å². The first-order valence-electron chi connectivity index (χ1n) is 6.08. The second-order valence-electron chi connectivity index (χ2n) is 4.32. The molecular formula is C12H18ClN3O. The molecule has 0 aliphatic carbocycles. The average Bonchev–Trinajstić information content (AvgIpc) is 2.78. The Bertz CT molecular complexity index is 385. The van der Waals surface area contributed by atoms with Crippen molar-refractivity contribution in [3.05, 3.63) is 23.0 Å². The number of aromatic nitrogens is 1. The Morgan fingerprint density at radius 1 is 1.65 bits per heavy atom. The SMILES string of the molecule is CCN(C(=O)c1cc(Cl)c[nH]1)C1CCCNC1. The molecule has 1 aliphatic rings. The van der Waals surface area contributed by atoms with Crippen molar-refractivity contribution in [3.8, 4) is 0 Å². The van der Waals surface area contributed by atoms with Gasteiger partial charge in [0.2, 0.25) is 0 Å². The molecule has 2 heterocycles. The first-order chi connectivity index (χ1) is 8.22. The molecule has 2 rings (SSSR count). The fourth-order valence-electron chi connectivity index (χ4n) is 2.31. The van der Waals surface area contributed by atoms with E-state index in [0.717, 1.165) is 32.5 Å². The largest absolute Gasteiger partial charge is 0.356 e. The zero-order chi connectivity index (χ0) is 12.3. The van der Waals surface area contributed by atoms with Crippen LogP contribution in [0, 0.1) is 0 Å². The van der Waals surface area contributed by atoms with Crippen molar-refractivity contribution in [1.82, 2.24) is 15.2 Å². The Hall–Kier alpha value is -1.00. The Morgan fingerprint density at radius 3 is 3.00 bits per heavy atom. The van der Waals surface area contributed by atoms with E-state index in [4.69, 9.17) is 11.6 Å². The monoisotopic (exact) mass is 255 g/mol. The minimum absolute atomic E-state index is 0.0353. The van der Waals surface area contributed by atoms with Crippen LogP contribution in [0.25, 0.3) is 0 Å². The fraction of sp³-hybridized carbons (Fsp3) is 0.583. The zero-order valence-corrected chi connectivity index (χ0v) is 10.8. The molecule has 0 radical (unpaired) electrons. The summed E-state index contributed by atoms with van der Waals surface area (Å²) in [5.74, 6) is 0.0353. The molecule has 1 aromatic heterocycles. The Balaban J connectivity index is 2.09. The number of nitrogens with zero attached hydrogens (tertiary/aromatic N) is 1. The molecule has 0 saturated carbocycles. The van der Waals surface area contributed by atoms with Crippen LogP contribution in [-0.2, 0) is 0 Å². The molecule has 0 bridgehead atoms. The molecule has 17 heavy (non-hydrogen) atoms. The number of carbonyl (C=O) groups is 1. The standard InChI is InChI=1S/C12H18ClN3O/c1-2-16(10-4-3-5-14-8-10)12(17)11-6-9(13)7-15-11/h6-7,10,14-15H,2-5,8H2,1H3. The van der Waals surface area contributed by atoms with Gasteiger partial charge in [-0.2, -0.15) is 0 Å². The molecule has 0 aromatic carbocycles. The normalized spacial score (nSPS) is 20.2. The van der Waals surface area contributed by atoms with E-state index < -0.39 is 0 Å². The first-order valence-corrected chi connectivity index (χ1v) is 6.45.